The van der Waals surface area contributed by atoms with Gasteiger partial charge in [0.15, 0.2) is 5.16 Å². The first-order valence-electron chi connectivity index (χ1n) is 7.53. The Morgan fingerprint density at radius 1 is 1.44 bits per heavy atom. The van der Waals surface area contributed by atoms with E-state index < -0.39 is 11.2 Å². The molecule has 3 aromatic rings. The zero-order chi connectivity index (χ0) is 18.1. The van der Waals surface area contributed by atoms with Gasteiger partial charge in [-0.1, -0.05) is 17.8 Å². The molecular weight excluding hydrogens is 358 g/mol. The Balaban J connectivity index is 2.06. The fraction of sp³-hybridized carbons (Fsp3) is 0.235. The average molecular weight is 375 g/mol. The summed E-state index contributed by atoms with van der Waals surface area (Å²) in [6.45, 7) is 3.64. The third-order valence-corrected chi connectivity index (χ3v) is 5.69. The maximum absolute atomic E-state index is 12.6. The summed E-state index contributed by atoms with van der Waals surface area (Å²) in [6, 6.07) is 5.79. The topological polar surface area (TPSA) is 98.1 Å². The number of methoxy groups -OCH3 is 1. The van der Waals surface area contributed by atoms with Crippen molar-refractivity contribution in [1.82, 2.24) is 9.97 Å². The summed E-state index contributed by atoms with van der Waals surface area (Å²) in [5, 5.41) is 2.39. The van der Waals surface area contributed by atoms with E-state index >= 15 is 0 Å². The predicted octanol–water partition coefficient (Wildman–Crippen LogP) is 2.93. The van der Waals surface area contributed by atoms with Gasteiger partial charge < -0.3 is 15.5 Å². The molecule has 3 N–H and O–H groups in total. The highest BCUT2D eigenvalue weighted by Gasteiger charge is 2.17. The summed E-state index contributed by atoms with van der Waals surface area (Å²) in [4.78, 5) is 31.6. The maximum Gasteiger partial charge on any atom is 0.260 e. The lowest BCUT2D eigenvalue weighted by Crippen LogP contribution is -2.23. The van der Waals surface area contributed by atoms with Gasteiger partial charge in [0.2, 0.25) is 5.91 Å². The molecule has 8 heteroatoms. The average Bonchev–Trinajstić information content (AvgIpc) is 2.99. The number of nitrogens with two attached hydrogens (primary N) is 1. The van der Waals surface area contributed by atoms with Gasteiger partial charge in [-0.2, -0.15) is 0 Å². The van der Waals surface area contributed by atoms with Gasteiger partial charge in [0.05, 0.1) is 17.7 Å². The first-order chi connectivity index (χ1) is 11.9. The molecule has 130 valence electrons. The summed E-state index contributed by atoms with van der Waals surface area (Å²) in [5.74, 6) is 0.350. The number of aromatic nitrogens is 2. The molecule has 3 rings (SSSR count). The molecule has 1 amide bonds. The smallest absolute Gasteiger partial charge is 0.260 e. The highest BCUT2D eigenvalue weighted by atomic mass is 32.2. The number of nitrogens with zero attached hydrogens (tertiary/aromatic N) is 1. The summed E-state index contributed by atoms with van der Waals surface area (Å²) in [6.07, 6.45) is 0. The number of benzene rings is 1. The second-order valence-electron chi connectivity index (χ2n) is 5.55. The molecule has 25 heavy (non-hydrogen) atoms. The molecule has 2 heterocycles. The number of aryl methyl sites for hydroxylation is 1. The zero-order valence-electron chi connectivity index (χ0n) is 14.0. The van der Waals surface area contributed by atoms with E-state index in [2.05, 4.69) is 9.97 Å². The number of aromatic amines is 1. The normalized spacial score (nSPS) is 12.3. The van der Waals surface area contributed by atoms with Crippen LogP contribution in [0.15, 0.2) is 33.5 Å². The van der Waals surface area contributed by atoms with Crippen LogP contribution < -0.4 is 16.0 Å². The number of thioether (sulfide) groups is 1. The van der Waals surface area contributed by atoms with Crippen LogP contribution >= 0.6 is 23.1 Å². The number of amides is 1. The van der Waals surface area contributed by atoms with Crippen molar-refractivity contribution in [3.05, 3.63) is 39.5 Å². The van der Waals surface area contributed by atoms with Gasteiger partial charge in [-0.3, -0.25) is 9.59 Å². The fourth-order valence-corrected chi connectivity index (χ4v) is 4.22. The van der Waals surface area contributed by atoms with Crippen molar-refractivity contribution in [1.29, 1.82) is 0 Å². The molecule has 1 atom stereocenters. The number of ether oxygens (including phenoxy) is 1. The Labute approximate surface area is 152 Å². The van der Waals surface area contributed by atoms with Crippen LogP contribution in [-0.2, 0) is 4.79 Å². The van der Waals surface area contributed by atoms with E-state index in [9.17, 15) is 9.59 Å². The van der Waals surface area contributed by atoms with Crippen LogP contribution in [0.3, 0.4) is 0 Å². The molecule has 0 spiro atoms. The Kier molecular flexibility index (Phi) is 4.82. The molecule has 2 aromatic heterocycles. The van der Waals surface area contributed by atoms with Crippen molar-refractivity contribution in [3.8, 4) is 16.9 Å². The number of nitrogens with one attached hydrogen (secondary N) is 1. The van der Waals surface area contributed by atoms with Gasteiger partial charge in [0.1, 0.15) is 10.6 Å². The standard InChI is InChI=1S/C17H17N3O3S2/c1-8-6-10(4-5-12(8)23-3)11-7-24-16-13(11)15(22)19-17(20-16)25-9(2)14(18)21/h4-7,9H,1-3H3,(H2,18,21)(H,19,20,22). The number of thiophene rings is 1. The Morgan fingerprint density at radius 2 is 2.20 bits per heavy atom. The molecule has 0 aliphatic rings. The molecular formula is C17H17N3O3S2. The molecule has 0 fully saturated rings. The Hall–Kier alpha value is -2.32. The number of carbonyl (C=O) groups is 1. The lowest BCUT2D eigenvalue weighted by molar-refractivity contribution is -0.117. The molecule has 0 bridgehead atoms. The molecule has 1 unspecified atom stereocenters. The van der Waals surface area contributed by atoms with Crippen LogP contribution in [0.2, 0.25) is 0 Å². The predicted molar refractivity (Wildman–Crippen MR) is 101 cm³/mol. The number of rotatable bonds is 5. The van der Waals surface area contributed by atoms with Crippen LogP contribution in [0.1, 0.15) is 12.5 Å². The zero-order valence-corrected chi connectivity index (χ0v) is 15.6. The Morgan fingerprint density at radius 3 is 2.84 bits per heavy atom. The minimum Gasteiger partial charge on any atom is -0.496 e. The second kappa shape index (κ2) is 6.89. The molecule has 1 aromatic carbocycles. The fourth-order valence-electron chi connectivity index (χ4n) is 2.47. The van der Waals surface area contributed by atoms with E-state index in [0.717, 1.165) is 34.2 Å². The largest absolute Gasteiger partial charge is 0.496 e. The van der Waals surface area contributed by atoms with Crippen LogP contribution in [0.4, 0.5) is 0 Å². The minimum absolute atomic E-state index is 0.228. The minimum atomic E-state index is -0.468. The molecule has 0 aliphatic heterocycles. The van der Waals surface area contributed by atoms with E-state index in [0.29, 0.717) is 15.4 Å². The van der Waals surface area contributed by atoms with Gasteiger partial charge in [0, 0.05) is 10.9 Å². The molecule has 0 saturated heterocycles. The van der Waals surface area contributed by atoms with Gasteiger partial charge in [-0.15, -0.1) is 11.3 Å². The van der Waals surface area contributed by atoms with Crippen molar-refractivity contribution >= 4 is 39.2 Å². The van der Waals surface area contributed by atoms with E-state index in [-0.39, 0.29) is 5.56 Å². The summed E-state index contributed by atoms with van der Waals surface area (Å²) >= 11 is 2.54. The summed E-state index contributed by atoms with van der Waals surface area (Å²) in [7, 11) is 1.63. The van der Waals surface area contributed by atoms with Crippen molar-refractivity contribution in [2.24, 2.45) is 5.73 Å². The SMILES string of the molecule is COc1ccc(-c2csc3nc(SC(C)C(N)=O)[nH]c(=O)c23)cc1C. The lowest BCUT2D eigenvalue weighted by Gasteiger charge is -2.07. The van der Waals surface area contributed by atoms with Crippen molar-refractivity contribution in [2.75, 3.05) is 7.11 Å². The van der Waals surface area contributed by atoms with Crippen molar-refractivity contribution in [3.63, 3.8) is 0 Å². The maximum atomic E-state index is 12.6. The van der Waals surface area contributed by atoms with Gasteiger partial charge in [-0.25, -0.2) is 4.98 Å². The third-order valence-electron chi connectivity index (χ3n) is 3.82. The van der Waals surface area contributed by atoms with Crippen LogP contribution in [0.25, 0.3) is 21.3 Å². The quantitative estimate of drug-likeness (QED) is 0.528. The number of H-pyrrole nitrogens is 1. The number of carbonyl (C=O) groups excluding carboxylic acids is 1. The Bertz CT molecular complexity index is 1010. The highest BCUT2D eigenvalue weighted by molar-refractivity contribution is 8.00. The van der Waals surface area contributed by atoms with E-state index in [1.165, 1.54) is 11.3 Å². The van der Waals surface area contributed by atoms with Gasteiger partial charge in [-0.05, 0) is 37.1 Å². The number of hydrogen-bond donors (Lipinski definition) is 2. The monoisotopic (exact) mass is 375 g/mol. The highest BCUT2D eigenvalue weighted by Crippen LogP contribution is 2.34. The second-order valence-corrected chi connectivity index (χ2v) is 7.74. The third kappa shape index (κ3) is 3.40. The number of hydrogen-bond acceptors (Lipinski definition) is 6. The van der Waals surface area contributed by atoms with E-state index in [4.69, 9.17) is 10.5 Å². The number of fused-ring (bicyclic) bond motifs is 1. The van der Waals surface area contributed by atoms with E-state index in [1.54, 1.807) is 14.0 Å². The number of primary amides is 1. The summed E-state index contributed by atoms with van der Waals surface area (Å²) < 4.78 is 5.28. The van der Waals surface area contributed by atoms with Crippen molar-refractivity contribution < 1.29 is 9.53 Å². The first kappa shape index (κ1) is 17.5. The van der Waals surface area contributed by atoms with Crippen LogP contribution in [0.5, 0.6) is 5.75 Å². The summed E-state index contributed by atoms with van der Waals surface area (Å²) in [5.41, 5.74) is 7.79. The van der Waals surface area contributed by atoms with Crippen LogP contribution in [0, 0.1) is 6.92 Å². The van der Waals surface area contributed by atoms with Crippen LogP contribution in [-0.4, -0.2) is 28.2 Å². The molecule has 0 radical (unpaired) electrons. The first-order valence-corrected chi connectivity index (χ1v) is 9.29. The van der Waals surface area contributed by atoms with Gasteiger partial charge >= 0.3 is 0 Å². The molecule has 6 nitrogen and oxygen atoms in total. The van der Waals surface area contributed by atoms with Gasteiger partial charge in [0.25, 0.3) is 5.56 Å². The lowest BCUT2D eigenvalue weighted by atomic mass is 10.0. The van der Waals surface area contributed by atoms with E-state index in [1.807, 2.05) is 30.5 Å². The molecule has 0 aliphatic carbocycles. The van der Waals surface area contributed by atoms with Crippen molar-refractivity contribution in [2.45, 2.75) is 24.3 Å². The molecule has 0 saturated carbocycles.